The maximum Gasteiger partial charge on any atom is 0.261 e. The van der Waals surface area contributed by atoms with E-state index in [1.165, 1.54) is 5.56 Å². The summed E-state index contributed by atoms with van der Waals surface area (Å²) >= 11 is 0. The van der Waals surface area contributed by atoms with Crippen molar-refractivity contribution in [3.63, 3.8) is 0 Å². The second-order valence-electron chi connectivity index (χ2n) is 7.56. The lowest BCUT2D eigenvalue weighted by Gasteiger charge is -2.13. The van der Waals surface area contributed by atoms with Gasteiger partial charge in [-0.05, 0) is 48.4 Å². The van der Waals surface area contributed by atoms with Gasteiger partial charge in [-0.3, -0.25) is 19.3 Å². The van der Waals surface area contributed by atoms with Crippen LogP contribution in [0.15, 0.2) is 66.9 Å². The van der Waals surface area contributed by atoms with Crippen LogP contribution >= 0.6 is 0 Å². The van der Waals surface area contributed by atoms with Gasteiger partial charge in [-0.25, -0.2) is 4.98 Å². The fourth-order valence-corrected chi connectivity index (χ4v) is 3.58. The first kappa shape index (κ1) is 22.0. The number of carbonyl (C=O) groups is 3. The van der Waals surface area contributed by atoms with Crippen LogP contribution in [0, 0.1) is 0 Å². The fraction of sp³-hybridized carbons (Fsp3) is 0.200. The SMILES string of the molecule is COc1ccc(CCNc2ccc(NC(=O)CCN3C(=O)c4ccccc4C3=O)cn2)cc1. The first-order valence-electron chi connectivity index (χ1n) is 10.6. The van der Waals surface area contributed by atoms with Crippen LogP contribution in [0.5, 0.6) is 5.75 Å². The fourth-order valence-electron chi connectivity index (χ4n) is 3.58. The minimum atomic E-state index is -0.366. The van der Waals surface area contributed by atoms with Gasteiger partial charge in [0, 0.05) is 19.5 Å². The number of benzene rings is 2. The Morgan fingerprint density at radius 1 is 0.970 bits per heavy atom. The molecule has 3 amide bonds. The van der Waals surface area contributed by atoms with Crippen molar-refractivity contribution < 1.29 is 19.1 Å². The quantitative estimate of drug-likeness (QED) is 0.491. The maximum absolute atomic E-state index is 12.4. The Labute approximate surface area is 191 Å². The Morgan fingerprint density at radius 2 is 1.67 bits per heavy atom. The van der Waals surface area contributed by atoms with E-state index in [1.807, 2.05) is 24.3 Å². The van der Waals surface area contributed by atoms with Crippen LogP contribution < -0.4 is 15.4 Å². The van der Waals surface area contributed by atoms with Gasteiger partial charge in [0.1, 0.15) is 11.6 Å². The summed E-state index contributed by atoms with van der Waals surface area (Å²) in [6, 6.07) is 18.1. The van der Waals surface area contributed by atoms with Crippen LogP contribution in [0.25, 0.3) is 0 Å². The van der Waals surface area contributed by atoms with Crippen molar-refractivity contribution in [2.75, 3.05) is 30.8 Å². The number of imide groups is 1. The number of aromatic nitrogens is 1. The van der Waals surface area contributed by atoms with Gasteiger partial charge >= 0.3 is 0 Å². The number of hydrogen-bond donors (Lipinski definition) is 2. The van der Waals surface area contributed by atoms with E-state index < -0.39 is 0 Å². The molecular formula is C25H24N4O4. The molecule has 0 atom stereocenters. The van der Waals surface area contributed by atoms with Crippen molar-refractivity contribution >= 4 is 29.2 Å². The van der Waals surface area contributed by atoms with Gasteiger partial charge < -0.3 is 15.4 Å². The Morgan fingerprint density at radius 3 is 2.27 bits per heavy atom. The summed E-state index contributed by atoms with van der Waals surface area (Å²) in [5.41, 5.74) is 2.48. The number of carbonyl (C=O) groups excluding carboxylic acids is 3. The lowest BCUT2D eigenvalue weighted by Crippen LogP contribution is -2.32. The van der Waals surface area contributed by atoms with Crippen molar-refractivity contribution in [1.29, 1.82) is 0 Å². The second kappa shape index (κ2) is 9.95. The lowest BCUT2D eigenvalue weighted by atomic mass is 10.1. The van der Waals surface area contributed by atoms with Crippen LogP contribution in [0.4, 0.5) is 11.5 Å². The van der Waals surface area contributed by atoms with Gasteiger partial charge in [-0.2, -0.15) is 0 Å². The van der Waals surface area contributed by atoms with Crippen LogP contribution in [0.1, 0.15) is 32.7 Å². The number of anilines is 2. The minimum Gasteiger partial charge on any atom is -0.497 e. The third-order valence-electron chi connectivity index (χ3n) is 5.37. The van der Waals surface area contributed by atoms with Crippen LogP contribution in [-0.2, 0) is 11.2 Å². The topological polar surface area (TPSA) is 101 Å². The molecule has 8 heteroatoms. The number of nitrogens with zero attached hydrogens (tertiary/aromatic N) is 2. The molecule has 0 saturated heterocycles. The molecule has 2 aromatic carbocycles. The van der Waals surface area contributed by atoms with Crippen molar-refractivity contribution in [2.45, 2.75) is 12.8 Å². The second-order valence-corrected chi connectivity index (χ2v) is 7.56. The van der Waals surface area contributed by atoms with E-state index in [1.54, 1.807) is 49.7 Å². The van der Waals surface area contributed by atoms with Gasteiger partial charge in [0.05, 0.1) is 30.1 Å². The smallest absolute Gasteiger partial charge is 0.261 e. The van der Waals surface area contributed by atoms with E-state index >= 15 is 0 Å². The number of nitrogens with one attached hydrogen (secondary N) is 2. The first-order chi connectivity index (χ1) is 16.0. The predicted octanol–water partition coefficient (Wildman–Crippen LogP) is 3.37. The van der Waals surface area contributed by atoms with E-state index in [-0.39, 0.29) is 30.7 Å². The Bertz CT molecular complexity index is 1120. The molecule has 168 valence electrons. The summed E-state index contributed by atoms with van der Waals surface area (Å²) in [5.74, 6) is 0.501. The molecule has 2 heterocycles. The Hall–Kier alpha value is -4.20. The zero-order valence-corrected chi connectivity index (χ0v) is 18.2. The van der Waals surface area contributed by atoms with E-state index in [9.17, 15) is 14.4 Å². The highest BCUT2D eigenvalue weighted by Gasteiger charge is 2.34. The van der Waals surface area contributed by atoms with Gasteiger partial charge in [-0.15, -0.1) is 0 Å². The summed E-state index contributed by atoms with van der Waals surface area (Å²) in [6.07, 6.45) is 2.41. The molecule has 3 aromatic rings. The molecule has 8 nitrogen and oxygen atoms in total. The number of rotatable bonds is 9. The summed E-state index contributed by atoms with van der Waals surface area (Å²) in [5, 5.41) is 5.99. The highest BCUT2D eigenvalue weighted by molar-refractivity contribution is 6.21. The number of fused-ring (bicyclic) bond motifs is 1. The van der Waals surface area contributed by atoms with E-state index in [2.05, 4.69) is 15.6 Å². The molecule has 0 fully saturated rings. The number of pyridine rings is 1. The molecular weight excluding hydrogens is 420 g/mol. The van der Waals surface area contributed by atoms with Crippen LogP contribution in [0.2, 0.25) is 0 Å². The number of ether oxygens (including phenoxy) is 1. The van der Waals surface area contributed by atoms with Crippen molar-refractivity contribution in [2.24, 2.45) is 0 Å². The van der Waals surface area contributed by atoms with Crippen molar-refractivity contribution in [3.8, 4) is 5.75 Å². The maximum atomic E-state index is 12.4. The first-order valence-corrected chi connectivity index (χ1v) is 10.6. The number of methoxy groups -OCH3 is 1. The van der Waals surface area contributed by atoms with E-state index in [0.29, 0.717) is 29.2 Å². The molecule has 1 aliphatic heterocycles. The molecule has 33 heavy (non-hydrogen) atoms. The standard InChI is InChI=1S/C25H24N4O4/c1-33-19-9-6-17(7-10-19)12-14-26-22-11-8-18(16-27-22)28-23(30)13-15-29-24(31)20-4-2-3-5-21(20)25(29)32/h2-11,16H,12-15H2,1H3,(H,26,27)(H,28,30). The summed E-state index contributed by atoms with van der Waals surface area (Å²) < 4.78 is 5.16. The minimum absolute atomic E-state index is 0.00727. The molecule has 0 radical (unpaired) electrons. The molecule has 0 unspecified atom stereocenters. The van der Waals surface area contributed by atoms with Gasteiger partial charge in [0.25, 0.3) is 11.8 Å². The molecule has 1 aromatic heterocycles. The molecule has 4 rings (SSSR count). The third-order valence-corrected chi connectivity index (χ3v) is 5.37. The Balaban J connectivity index is 1.22. The van der Waals surface area contributed by atoms with Crippen molar-refractivity contribution in [1.82, 2.24) is 9.88 Å². The number of amides is 3. The largest absolute Gasteiger partial charge is 0.497 e. The molecule has 0 bridgehead atoms. The highest BCUT2D eigenvalue weighted by Crippen LogP contribution is 2.22. The van der Waals surface area contributed by atoms with E-state index in [4.69, 9.17) is 4.74 Å². The molecule has 1 aliphatic rings. The average Bonchev–Trinajstić information content (AvgIpc) is 3.09. The van der Waals surface area contributed by atoms with Crippen LogP contribution in [0.3, 0.4) is 0 Å². The number of hydrogen-bond acceptors (Lipinski definition) is 6. The van der Waals surface area contributed by atoms with Crippen LogP contribution in [-0.4, -0.2) is 47.8 Å². The predicted molar refractivity (Wildman–Crippen MR) is 124 cm³/mol. The van der Waals surface area contributed by atoms with E-state index in [0.717, 1.165) is 17.1 Å². The zero-order chi connectivity index (χ0) is 23.2. The summed E-state index contributed by atoms with van der Waals surface area (Å²) in [4.78, 5) is 42.5. The summed E-state index contributed by atoms with van der Waals surface area (Å²) in [6.45, 7) is 0.738. The van der Waals surface area contributed by atoms with Gasteiger partial charge in [0.2, 0.25) is 5.91 Å². The van der Waals surface area contributed by atoms with Gasteiger partial charge in [-0.1, -0.05) is 24.3 Å². The monoisotopic (exact) mass is 444 g/mol. The third kappa shape index (κ3) is 5.17. The molecule has 2 N–H and O–H groups in total. The lowest BCUT2D eigenvalue weighted by molar-refractivity contribution is -0.116. The molecule has 0 aliphatic carbocycles. The summed E-state index contributed by atoms with van der Waals surface area (Å²) in [7, 11) is 1.64. The average molecular weight is 444 g/mol. The zero-order valence-electron chi connectivity index (χ0n) is 18.2. The Kier molecular flexibility index (Phi) is 6.64. The normalized spacial score (nSPS) is 12.5. The molecule has 0 saturated carbocycles. The van der Waals surface area contributed by atoms with Gasteiger partial charge in [0.15, 0.2) is 0 Å². The molecule has 0 spiro atoms. The highest BCUT2D eigenvalue weighted by atomic mass is 16.5. The van der Waals surface area contributed by atoms with Crippen molar-refractivity contribution in [3.05, 3.63) is 83.6 Å².